The Balaban J connectivity index is 1.89. The highest BCUT2D eigenvalue weighted by Gasteiger charge is 2.19. The molecule has 1 aromatic heterocycles. The van der Waals surface area contributed by atoms with Gasteiger partial charge in [0.05, 0.1) is 11.8 Å². The number of ether oxygens (including phenoxy) is 1. The standard InChI is InChI=1S/C17H28N2O/c1-13-5-7-15(8-6-13)20-16-9-10-18-14(11-16)12-19-17(2,3)4/h9-11,13,15,19H,5-8,12H2,1-4H3. The minimum atomic E-state index is 0.109. The molecule has 0 aromatic carbocycles. The van der Waals surface area contributed by atoms with Crippen molar-refractivity contribution in [3.8, 4) is 5.75 Å². The van der Waals surface area contributed by atoms with Gasteiger partial charge in [0.2, 0.25) is 0 Å². The van der Waals surface area contributed by atoms with Crippen molar-refractivity contribution in [3.63, 3.8) is 0 Å². The average molecular weight is 276 g/mol. The third-order valence-electron chi connectivity index (χ3n) is 3.85. The highest BCUT2D eigenvalue weighted by molar-refractivity contribution is 5.23. The van der Waals surface area contributed by atoms with Gasteiger partial charge in [-0.2, -0.15) is 0 Å². The zero-order chi connectivity index (χ0) is 14.6. The summed E-state index contributed by atoms with van der Waals surface area (Å²) in [6.45, 7) is 9.60. The number of nitrogens with one attached hydrogen (secondary N) is 1. The molecule has 1 saturated carbocycles. The smallest absolute Gasteiger partial charge is 0.123 e. The van der Waals surface area contributed by atoms with E-state index in [1.807, 2.05) is 12.3 Å². The van der Waals surface area contributed by atoms with Crippen LogP contribution in [0.3, 0.4) is 0 Å². The summed E-state index contributed by atoms with van der Waals surface area (Å²) < 4.78 is 6.11. The molecule has 0 aliphatic heterocycles. The van der Waals surface area contributed by atoms with Gasteiger partial charge in [0.15, 0.2) is 0 Å². The number of pyridine rings is 1. The molecule has 0 atom stereocenters. The molecular weight excluding hydrogens is 248 g/mol. The van der Waals surface area contributed by atoms with Crippen LogP contribution in [0.2, 0.25) is 0 Å². The Hall–Kier alpha value is -1.09. The summed E-state index contributed by atoms with van der Waals surface area (Å²) in [4.78, 5) is 4.41. The van der Waals surface area contributed by atoms with Crippen LogP contribution in [-0.4, -0.2) is 16.6 Å². The molecule has 0 radical (unpaired) electrons. The van der Waals surface area contributed by atoms with Crippen molar-refractivity contribution in [1.82, 2.24) is 10.3 Å². The summed E-state index contributed by atoms with van der Waals surface area (Å²) in [5.41, 5.74) is 1.15. The quantitative estimate of drug-likeness (QED) is 0.905. The molecule has 0 bridgehead atoms. The second-order valence-corrected chi connectivity index (χ2v) is 7.09. The lowest BCUT2D eigenvalue weighted by Crippen LogP contribution is -2.35. The van der Waals surface area contributed by atoms with Crippen LogP contribution in [0.25, 0.3) is 0 Å². The van der Waals surface area contributed by atoms with Crippen molar-refractivity contribution in [2.45, 2.75) is 71.6 Å². The van der Waals surface area contributed by atoms with Crippen molar-refractivity contribution in [2.75, 3.05) is 0 Å². The number of nitrogens with zero attached hydrogens (tertiary/aromatic N) is 1. The van der Waals surface area contributed by atoms with E-state index in [0.717, 1.165) is 23.9 Å². The van der Waals surface area contributed by atoms with Crippen LogP contribution in [0.1, 0.15) is 59.1 Å². The summed E-state index contributed by atoms with van der Waals surface area (Å²) in [6, 6.07) is 4.04. The summed E-state index contributed by atoms with van der Waals surface area (Å²) in [5, 5.41) is 3.46. The van der Waals surface area contributed by atoms with E-state index in [9.17, 15) is 0 Å². The fraction of sp³-hybridized carbons (Fsp3) is 0.706. The molecule has 1 aliphatic rings. The van der Waals surface area contributed by atoms with Crippen LogP contribution < -0.4 is 10.1 Å². The maximum atomic E-state index is 6.11. The Kier molecular flexibility index (Phi) is 5.03. The highest BCUT2D eigenvalue weighted by Crippen LogP contribution is 2.27. The fourth-order valence-electron chi connectivity index (χ4n) is 2.52. The maximum absolute atomic E-state index is 6.11. The summed E-state index contributed by atoms with van der Waals surface area (Å²) in [7, 11) is 0. The third kappa shape index (κ3) is 5.12. The van der Waals surface area contributed by atoms with E-state index in [1.54, 1.807) is 0 Å². The maximum Gasteiger partial charge on any atom is 0.123 e. The first-order valence-electron chi connectivity index (χ1n) is 7.79. The van der Waals surface area contributed by atoms with Crippen LogP contribution in [-0.2, 0) is 6.54 Å². The predicted molar refractivity (Wildman–Crippen MR) is 82.9 cm³/mol. The zero-order valence-electron chi connectivity index (χ0n) is 13.3. The second-order valence-electron chi connectivity index (χ2n) is 7.09. The molecule has 0 saturated heterocycles. The SMILES string of the molecule is CC1CCC(Oc2ccnc(CNC(C)(C)C)c2)CC1. The Labute approximate surface area is 123 Å². The molecule has 1 aromatic rings. The molecule has 1 N–H and O–H groups in total. The molecule has 0 spiro atoms. The van der Waals surface area contributed by atoms with Crippen LogP contribution in [0.15, 0.2) is 18.3 Å². The Morgan fingerprint density at radius 1 is 1.25 bits per heavy atom. The van der Waals surface area contributed by atoms with Gasteiger partial charge in [-0.25, -0.2) is 0 Å². The molecule has 3 nitrogen and oxygen atoms in total. The molecule has 0 amide bonds. The molecule has 0 unspecified atom stereocenters. The van der Waals surface area contributed by atoms with Crippen LogP contribution in [0.4, 0.5) is 0 Å². The van der Waals surface area contributed by atoms with Gasteiger partial charge in [-0.05, 0) is 58.4 Å². The minimum absolute atomic E-state index is 0.109. The summed E-state index contributed by atoms with van der Waals surface area (Å²) in [6.07, 6.45) is 7.16. The van der Waals surface area contributed by atoms with Gasteiger partial charge in [0.25, 0.3) is 0 Å². The van der Waals surface area contributed by atoms with E-state index >= 15 is 0 Å². The molecule has 3 heteroatoms. The molecule has 112 valence electrons. The van der Waals surface area contributed by atoms with Crippen molar-refractivity contribution < 1.29 is 4.74 Å². The Morgan fingerprint density at radius 2 is 1.95 bits per heavy atom. The lowest BCUT2D eigenvalue weighted by molar-refractivity contribution is 0.135. The minimum Gasteiger partial charge on any atom is -0.490 e. The normalized spacial score (nSPS) is 23.6. The van der Waals surface area contributed by atoms with Crippen molar-refractivity contribution in [3.05, 3.63) is 24.0 Å². The van der Waals surface area contributed by atoms with E-state index in [4.69, 9.17) is 4.74 Å². The zero-order valence-corrected chi connectivity index (χ0v) is 13.3. The largest absolute Gasteiger partial charge is 0.490 e. The fourth-order valence-corrected chi connectivity index (χ4v) is 2.52. The summed E-state index contributed by atoms with van der Waals surface area (Å²) >= 11 is 0. The lowest BCUT2D eigenvalue weighted by Gasteiger charge is -2.27. The van der Waals surface area contributed by atoms with E-state index in [1.165, 1.54) is 25.7 Å². The molecule has 1 heterocycles. The van der Waals surface area contributed by atoms with Crippen LogP contribution in [0.5, 0.6) is 5.75 Å². The van der Waals surface area contributed by atoms with Gasteiger partial charge in [-0.1, -0.05) is 6.92 Å². The first-order chi connectivity index (χ1) is 9.42. The Morgan fingerprint density at radius 3 is 2.60 bits per heavy atom. The number of hydrogen-bond acceptors (Lipinski definition) is 3. The topological polar surface area (TPSA) is 34.1 Å². The van der Waals surface area contributed by atoms with Gasteiger partial charge in [0, 0.05) is 24.3 Å². The molecular formula is C17H28N2O. The van der Waals surface area contributed by atoms with Gasteiger partial charge in [0.1, 0.15) is 5.75 Å². The average Bonchev–Trinajstić information content (AvgIpc) is 2.39. The van der Waals surface area contributed by atoms with Crippen molar-refractivity contribution in [1.29, 1.82) is 0 Å². The first-order valence-corrected chi connectivity index (χ1v) is 7.79. The van der Waals surface area contributed by atoms with Crippen molar-refractivity contribution in [2.24, 2.45) is 5.92 Å². The third-order valence-corrected chi connectivity index (χ3v) is 3.85. The molecule has 2 rings (SSSR count). The molecule has 1 aliphatic carbocycles. The Bertz CT molecular complexity index is 417. The van der Waals surface area contributed by atoms with E-state index in [0.29, 0.717) is 6.10 Å². The highest BCUT2D eigenvalue weighted by atomic mass is 16.5. The van der Waals surface area contributed by atoms with Crippen molar-refractivity contribution >= 4 is 0 Å². The first kappa shape index (κ1) is 15.3. The number of aromatic nitrogens is 1. The van der Waals surface area contributed by atoms with Gasteiger partial charge in [-0.3, -0.25) is 4.98 Å². The van der Waals surface area contributed by atoms with Gasteiger partial charge < -0.3 is 10.1 Å². The van der Waals surface area contributed by atoms with Gasteiger partial charge >= 0.3 is 0 Å². The molecule has 1 fully saturated rings. The predicted octanol–water partition coefficient (Wildman–Crippen LogP) is 3.93. The van der Waals surface area contributed by atoms with Crippen LogP contribution >= 0.6 is 0 Å². The molecule has 20 heavy (non-hydrogen) atoms. The van der Waals surface area contributed by atoms with Crippen LogP contribution in [0, 0.1) is 5.92 Å². The summed E-state index contributed by atoms with van der Waals surface area (Å²) in [5.74, 6) is 1.82. The number of hydrogen-bond donors (Lipinski definition) is 1. The second kappa shape index (κ2) is 6.57. The van der Waals surface area contributed by atoms with Gasteiger partial charge in [-0.15, -0.1) is 0 Å². The monoisotopic (exact) mass is 276 g/mol. The lowest BCUT2D eigenvalue weighted by atomic mass is 9.89. The van der Waals surface area contributed by atoms with E-state index in [2.05, 4.69) is 44.1 Å². The number of rotatable bonds is 4. The van der Waals surface area contributed by atoms with E-state index < -0.39 is 0 Å². The van der Waals surface area contributed by atoms with E-state index in [-0.39, 0.29) is 5.54 Å².